The second kappa shape index (κ2) is 3.75. The third-order valence-corrected chi connectivity index (χ3v) is 2.75. The first kappa shape index (κ1) is 10.9. The Hall–Kier alpha value is -1.62. The number of hydrogen-bond donors (Lipinski definition) is 3. The van der Waals surface area contributed by atoms with Gasteiger partial charge in [-0.1, -0.05) is 6.07 Å². The number of aromatic hydroxyl groups is 1. The summed E-state index contributed by atoms with van der Waals surface area (Å²) in [4.78, 5) is 11.7. The summed E-state index contributed by atoms with van der Waals surface area (Å²) >= 11 is 0. The number of aliphatic hydroxyl groups excluding tert-OH is 1. The van der Waals surface area contributed by atoms with E-state index in [2.05, 4.69) is 5.32 Å². The smallest absolute Gasteiger partial charge is 0.258 e. The number of halogens is 1. The van der Waals surface area contributed by atoms with Crippen molar-refractivity contribution >= 4 is 5.91 Å². The van der Waals surface area contributed by atoms with Crippen LogP contribution in [0.4, 0.5) is 4.39 Å². The number of amides is 1. The standard InChI is InChI=1S/C11H12FNO3/c12-7-2-1-3-8(15)9(7)10(16)13-11(6-14)4-5-11/h1-3,14-15H,4-6H2,(H,13,16). The fourth-order valence-electron chi connectivity index (χ4n) is 1.51. The largest absolute Gasteiger partial charge is 0.507 e. The second-order valence-corrected chi connectivity index (χ2v) is 4.03. The topological polar surface area (TPSA) is 69.6 Å². The van der Waals surface area contributed by atoms with Crippen molar-refractivity contribution in [3.63, 3.8) is 0 Å². The van der Waals surface area contributed by atoms with Gasteiger partial charge < -0.3 is 15.5 Å². The third-order valence-electron chi connectivity index (χ3n) is 2.75. The molecule has 1 saturated carbocycles. The third kappa shape index (κ3) is 1.86. The van der Waals surface area contributed by atoms with Gasteiger partial charge in [0.05, 0.1) is 12.1 Å². The highest BCUT2D eigenvalue weighted by atomic mass is 19.1. The van der Waals surface area contributed by atoms with Gasteiger partial charge in [0.15, 0.2) is 0 Å². The molecule has 0 saturated heterocycles. The molecule has 1 aromatic rings. The average Bonchev–Trinajstić information content (AvgIpc) is 2.98. The number of phenolic OH excluding ortho intramolecular Hbond substituents is 1. The van der Waals surface area contributed by atoms with Crippen molar-refractivity contribution in [3.05, 3.63) is 29.6 Å². The minimum Gasteiger partial charge on any atom is -0.507 e. The molecule has 3 N–H and O–H groups in total. The van der Waals surface area contributed by atoms with E-state index in [9.17, 15) is 14.3 Å². The van der Waals surface area contributed by atoms with Crippen LogP contribution >= 0.6 is 0 Å². The molecule has 1 amide bonds. The Morgan fingerprint density at radius 3 is 2.69 bits per heavy atom. The highest BCUT2D eigenvalue weighted by Gasteiger charge is 2.44. The predicted molar refractivity (Wildman–Crippen MR) is 54.6 cm³/mol. The lowest BCUT2D eigenvalue weighted by Crippen LogP contribution is -2.39. The van der Waals surface area contributed by atoms with Gasteiger partial charge in [0.25, 0.3) is 5.91 Å². The second-order valence-electron chi connectivity index (χ2n) is 4.03. The zero-order chi connectivity index (χ0) is 11.8. The van der Waals surface area contributed by atoms with E-state index in [0.717, 1.165) is 6.07 Å². The molecule has 4 nitrogen and oxygen atoms in total. The molecule has 0 bridgehead atoms. The molecule has 1 fully saturated rings. The molecular weight excluding hydrogens is 213 g/mol. The Balaban J connectivity index is 2.21. The van der Waals surface area contributed by atoms with Gasteiger partial charge in [0.1, 0.15) is 17.1 Å². The fourth-order valence-corrected chi connectivity index (χ4v) is 1.51. The number of carbonyl (C=O) groups excluding carboxylic acids is 1. The van der Waals surface area contributed by atoms with E-state index >= 15 is 0 Å². The molecule has 1 aliphatic rings. The summed E-state index contributed by atoms with van der Waals surface area (Å²) in [6.07, 6.45) is 1.34. The molecule has 0 radical (unpaired) electrons. The van der Waals surface area contributed by atoms with Gasteiger partial charge in [-0.05, 0) is 25.0 Å². The number of benzene rings is 1. The van der Waals surface area contributed by atoms with Crippen molar-refractivity contribution < 1.29 is 19.4 Å². The quantitative estimate of drug-likeness (QED) is 0.712. The van der Waals surface area contributed by atoms with Crippen LogP contribution in [0.15, 0.2) is 18.2 Å². The van der Waals surface area contributed by atoms with E-state index in [4.69, 9.17) is 5.11 Å². The maximum atomic E-state index is 13.3. The van der Waals surface area contributed by atoms with Gasteiger partial charge in [-0.15, -0.1) is 0 Å². The summed E-state index contributed by atoms with van der Waals surface area (Å²) in [5.74, 6) is -1.86. The van der Waals surface area contributed by atoms with Crippen LogP contribution in [-0.2, 0) is 0 Å². The van der Waals surface area contributed by atoms with Gasteiger partial charge in [-0.2, -0.15) is 0 Å². The molecule has 1 aliphatic carbocycles. The highest BCUT2D eigenvalue weighted by molar-refractivity contribution is 5.97. The number of carbonyl (C=O) groups is 1. The molecule has 16 heavy (non-hydrogen) atoms. The van der Waals surface area contributed by atoms with E-state index < -0.39 is 23.0 Å². The van der Waals surface area contributed by atoms with E-state index in [1.165, 1.54) is 12.1 Å². The van der Waals surface area contributed by atoms with Crippen molar-refractivity contribution in [3.8, 4) is 5.75 Å². The molecule has 2 rings (SSSR count). The Bertz CT molecular complexity index is 409. The lowest BCUT2D eigenvalue weighted by Gasteiger charge is -2.15. The summed E-state index contributed by atoms with van der Waals surface area (Å²) in [6.45, 7) is -0.173. The Morgan fingerprint density at radius 1 is 1.50 bits per heavy atom. The number of aliphatic hydroxyl groups is 1. The molecule has 0 spiro atoms. The molecule has 86 valence electrons. The Morgan fingerprint density at radius 2 is 2.19 bits per heavy atom. The molecule has 5 heteroatoms. The number of rotatable bonds is 3. The summed E-state index contributed by atoms with van der Waals surface area (Å²) in [6, 6.07) is 3.67. The first-order valence-electron chi connectivity index (χ1n) is 4.99. The van der Waals surface area contributed by atoms with Crippen LogP contribution in [0.3, 0.4) is 0 Å². The number of nitrogens with one attached hydrogen (secondary N) is 1. The van der Waals surface area contributed by atoms with Gasteiger partial charge in [0, 0.05) is 0 Å². The molecule has 0 heterocycles. The van der Waals surface area contributed by atoms with Crippen LogP contribution < -0.4 is 5.32 Å². The molecule has 1 aromatic carbocycles. The Kier molecular flexibility index (Phi) is 2.55. The molecule has 0 unspecified atom stereocenters. The van der Waals surface area contributed by atoms with Crippen LogP contribution in [0.1, 0.15) is 23.2 Å². The fraction of sp³-hybridized carbons (Fsp3) is 0.364. The molecule has 0 atom stereocenters. The summed E-state index contributed by atoms with van der Waals surface area (Å²) in [5.41, 5.74) is -0.992. The normalized spacial score (nSPS) is 16.9. The van der Waals surface area contributed by atoms with Gasteiger partial charge in [-0.25, -0.2) is 4.39 Å². The van der Waals surface area contributed by atoms with Gasteiger partial charge >= 0.3 is 0 Å². The zero-order valence-electron chi connectivity index (χ0n) is 8.53. The summed E-state index contributed by atoms with van der Waals surface area (Å²) < 4.78 is 13.3. The SMILES string of the molecule is O=C(NC1(CO)CC1)c1c(O)cccc1F. The predicted octanol–water partition coefficient (Wildman–Crippen LogP) is 0.786. The van der Waals surface area contributed by atoms with Crippen molar-refractivity contribution in [2.45, 2.75) is 18.4 Å². The maximum Gasteiger partial charge on any atom is 0.258 e. The molecule has 0 aromatic heterocycles. The first-order valence-corrected chi connectivity index (χ1v) is 4.99. The van der Waals surface area contributed by atoms with E-state index in [0.29, 0.717) is 12.8 Å². The van der Waals surface area contributed by atoms with Gasteiger partial charge in [0.2, 0.25) is 0 Å². The lowest BCUT2D eigenvalue weighted by atomic mass is 10.1. The van der Waals surface area contributed by atoms with Crippen molar-refractivity contribution in [2.24, 2.45) is 0 Å². The van der Waals surface area contributed by atoms with Crippen LogP contribution in [-0.4, -0.2) is 28.3 Å². The van der Waals surface area contributed by atoms with Crippen LogP contribution in [0.2, 0.25) is 0 Å². The number of phenols is 1. The minimum atomic E-state index is -0.772. The monoisotopic (exact) mass is 225 g/mol. The maximum absolute atomic E-state index is 13.3. The average molecular weight is 225 g/mol. The van der Waals surface area contributed by atoms with Crippen LogP contribution in [0, 0.1) is 5.82 Å². The van der Waals surface area contributed by atoms with Crippen LogP contribution in [0.5, 0.6) is 5.75 Å². The van der Waals surface area contributed by atoms with Crippen LogP contribution in [0.25, 0.3) is 0 Å². The van der Waals surface area contributed by atoms with E-state index in [-0.39, 0.29) is 12.2 Å². The van der Waals surface area contributed by atoms with Crippen molar-refractivity contribution in [1.82, 2.24) is 5.32 Å². The summed E-state index contributed by atoms with van der Waals surface area (Å²) in [7, 11) is 0. The first-order chi connectivity index (χ1) is 7.58. The lowest BCUT2D eigenvalue weighted by molar-refractivity contribution is 0.0899. The molecular formula is C11H12FNO3. The van der Waals surface area contributed by atoms with Gasteiger partial charge in [-0.3, -0.25) is 4.79 Å². The molecule has 0 aliphatic heterocycles. The van der Waals surface area contributed by atoms with Crippen molar-refractivity contribution in [2.75, 3.05) is 6.61 Å². The van der Waals surface area contributed by atoms with E-state index in [1.807, 2.05) is 0 Å². The number of hydrogen-bond acceptors (Lipinski definition) is 3. The summed E-state index contributed by atoms with van der Waals surface area (Å²) in [5, 5.41) is 20.9. The van der Waals surface area contributed by atoms with Crippen molar-refractivity contribution in [1.29, 1.82) is 0 Å². The van der Waals surface area contributed by atoms with E-state index in [1.54, 1.807) is 0 Å². The minimum absolute atomic E-state index is 0.173. The highest BCUT2D eigenvalue weighted by Crippen LogP contribution is 2.35. The zero-order valence-corrected chi connectivity index (χ0v) is 8.53. The Labute approximate surface area is 91.7 Å².